The summed E-state index contributed by atoms with van der Waals surface area (Å²) in [4.78, 5) is 13.5. The molecule has 0 spiro atoms. The lowest BCUT2D eigenvalue weighted by Crippen LogP contribution is -2.65. The van der Waals surface area contributed by atoms with E-state index >= 15 is 0 Å². The molecular weight excluding hydrogens is 420 g/mol. The van der Waals surface area contributed by atoms with Crippen LogP contribution in [0.15, 0.2) is 0 Å². The average Bonchev–Trinajstić information content (AvgIpc) is 2.61. The predicted octanol–water partition coefficient (Wildman–Crippen LogP) is 7.70. The molecule has 3 N–H and O–H groups in total. The Morgan fingerprint density at radius 2 is 1.00 bits per heavy atom. The minimum Gasteiger partial charge on any atom is -0.481 e. The maximum absolute atomic E-state index is 13.5. The number of carbonyl (C=O) groups is 1. The van der Waals surface area contributed by atoms with Crippen molar-refractivity contribution in [2.75, 3.05) is 0 Å². The van der Waals surface area contributed by atoms with Crippen molar-refractivity contribution in [2.45, 2.75) is 168 Å². The van der Waals surface area contributed by atoms with Gasteiger partial charge in [-0.05, 0) is 99.3 Å². The third-order valence-corrected chi connectivity index (χ3v) is 8.68. The van der Waals surface area contributed by atoms with Gasteiger partial charge in [0.25, 0.3) is 0 Å². The Morgan fingerprint density at radius 3 is 1.32 bits per heavy atom. The Labute approximate surface area is 211 Å². The molecule has 0 aromatic heterocycles. The van der Waals surface area contributed by atoms with Crippen molar-refractivity contribution in [1.29, 1.82) is 0 Å². The van der Waals surface area contributed by atoms with Gasteiger partial charge in [-0.25, -0.2) is 0 Å². The molecule has 4 heteroatoms. The molecule has 2 aliphatic rings. The van der Waals surface area contributed by atoms with Crippen LogP contribution in [0, 0.1) is 17.3 Å². The zero-order valence-electron chi connectivity index (χ0n) is 24.2. The fourth-order valence-corrected chi connectivity index (χ4v) is 8.12. The highest BCUT2D eigenvalue weighted by Crippen LogP contribution is 2.55. The van der Waals surface area contributed by atoms with E-state index in [2.05, 4.69) is 72.9 Å². The summed E-state index contributed by atoms with van der Waals surface area (Å²) in [6.07, 6.45) is 14.6. The van der Waals surface area contributed by atoms with Crippen molar-refractivity contribution < 1.29 is 9.90 Å². The van der Waals surface area contributed by atoms with Gasteiger partial charge < -0.3 is 15.7 Å². The Bertz CT molecular complexity index is 595. The molecule has 2 aliphatic heterocycles. The van der Waals surface area contributed by atoms with Crippen molar-refractivity contribution in [3.63, 3.8) is 0 Å². The number of aliphatic carboxylic acids is 1. The second-order valence-electron chi connectivity index (χ2n) is 14.6. The van der Waals surface area contributed by atoms with Gasteiger partial charge in [0, 0.05) is 22.2 Å². The van der Waals surface area contributed by atoms with Gasteiger partial charge in [0.2, 0.25) is 0 Å². The highest BCUT2D eigenvalue weighted by Gasteiger charge is 2.58. The third-order valence-electron chi connectivity index (χ3n) is 8.68. The molecule has 0 atom stereocenters. The second-order valence-corrected chi connectivity index (χ2v) is 14.6. The highest BCUT2D eigenvalue weighted by molar-refractivity contribution is 5.76. The standard InChI is InChI=1S/C30H58N2O2/c1-10-11-12-13-14-15-16-17-18-30(25(33)34,23-19-26(2,3)31-27(4,5)20-23)24-21-28(6,7)32-29(8,9)22-24/h23-24,31-32H,10-22H2,1-9H3,(H,33,34). The van der Waals surface area contributed by atoms with Crippen LogP contribution in [-0.4, -0.2) is 33.2 Å². The van der Waals surface area contributed by atoms with Gasteiger partial charge in [-0.2, -0.15) is 0 Å². The van der Waals surface area contributed by atoms with Gasteiger partial charge in [-0.15, -0.1) is 0 Å². The monoisotopic (exact) mass is 478 g/mol. The second kappa shape index (κ2) is 11.2. The van der Waals surface area contributed by atoms with Gasteiger partial charge in [0.15, 0.2) is 0 Å². The molecule has 0 unspecified atom stereocenters. The molecule has 0 amide bonds. The fourth-order valence-electron chi connectivity index (χ4n) is 8.12. The minimum atomic E-state index is -0.657. The quantitative estimate of drug-likeness (QED) is 0.251. The molecule has 0 aliphatic carbocycles. The largest absolute Gasteiger partial charge is 0.481 e. The van der Waals surface area contributed by atoms with Gasteiger partial charge in [0.1, 0.15) is 0 Å². The van der Waals surface area contributed by atoms with Crippen molar-refractivity contribution in [1.82, 2.24) is 10.6 Å². The Kier molecular flexibility index (Phi) is 9.75. The number of carboxylic acid groups (broad SMARTS) is 1. The Morgan fingerprint density at radius 1 is 0.676 bits per heavy atom. The number of hydrogen-bond donors (Lipinski definition) is 3. The first kappa shape index (κ1) is 29.6. The lowest BCUT2D eigenvalue weighted by molar-refractivity contribution is -0.166. The van der Waals surface area contributed by atoms with Crippen molar-refractivity contribution in [3.05, 3.63) is 0 Å². The third kappa shape index (κ3) is 7.95. The van der Waals surface area contributed by atoms with Crippen LogP contribution in [0.25, 0.3) is 0 Å². The molecule has 34 heavy (non-hydrogen) atoms. The molecule has 0 radical (unpaired) electrons. The Hall–Kier alpha value is -0.610. The van der Waals surface area contributed by atoms with E-state index in [1.165, 1.54) is 38.5 Å². The van der Waals surface area contributed by atoms with E-state index in [1.54, 1.807) is 0 Å². The van der Waals surface area contributed by atoms with E-state index in [0.717, 1.165) is 44.9 Å². The van der Waals surface area contributed by atoms with Crippen LogP contribution in [0.4, 0.5) is 0 Å². The molecule has 2 fully saturated rings. The van der Waals surface area contributed by atoms with Crippen LogP contribution in [0.3, 0.4) is 0 Å². The molecule has 0 bridgehead atoms. The van der Waals surface area contributed by atoms with E-state index in [9.17, 15) is 9.90 Å². The van der Waals surface area contributed by atoms with Gasteiger partial charge in [-0.1, -0.05) is 58.3 Å². The molecule has 0 aromatic carbocycles. The molecule has 2 heterocycles. The lowest BCUT2D eigenvalue weighted by Gasteiger charge is -2.57. The molecule has 0 aromatic rings. The normalized spacial score (nSPS) is 24.7. The molecule has 0 saturated carbocycles. The van der Waals surface area contributed by atoms with Crippen LogP contribution in [0.1, 0.15) is 146 Å². The average molecular weight is 479 g/mol. The van der Waals surface area contributed by atoms with Crippen molar-refractivity contribution in [2.24, 2.45) is 17.3 Å². The summed E-state index contributed by atoms with van der Waals surface area (Å²) in [5.74, 6) is -0.154. The van der Waals surface area contributed by atoms with Gasteiger partial charge in [-0.3, -0.25) is 4.79 Å². The molecule has 2 rings (SSSR count). The summed E-state index contributed by atoms with van der Waals surface area (Å²) < 4.78 is 0. The number of unbranched alkanes of at least 4 members (excludes halogenated alkanes) is 7. The summed E-state index contributed by atoms with van der Waals surface area (Å²) in [5, 5.41) is 18.7. The van der Waals surface area contributed by atoms with E-state index in [1.807, 2.05) is 0 Å². The Balaban J connectivity index is 2.31. The van der Waals surface area contributed by atoms with Crippen LogP contribution in [0.5, 0.6) is 0 Å². The summed E-state index contributed by atoms with van der Waals surface area (Å²) in [5.41, 5.74) is -0.862. The van der Waals surface area contributed by atoms with Gasteiger partial charge >= 0.3 is 5.97 Å². The van der Waals surface area contributed by atoms with E-state index < -0.39 is 11.4 Å². The number of rotatable bonds is 12. The maximum atomic E-state index is 13.5. The van der Waals surface area contributed by atoms with E-state index in [4.69, 9.17) is 0 Å². The molecule has 2 saturated heterocycles. The topological polar surface area (TPSA) is 61.4 Å². The van der Waals surface area contributed by atoms with E-state index in [-0.39, 0.29) is 34.0 Å². The van der Waals surface area contributed by atoms with E-state index in [0.29, 0.717) is 0 Å². The van der Waals surface area contributed by atoms with Crippen molar-refractivity contribution in [3.8, 4) is 0 Å². The zero-order valence-corrected chi connectivity index (χ0v) is 24.2. The summed E-state index contributed by atoms with van der Waals surface area (Å²) >= 11 is 0. The summed E-state index contributed by atoms with van der Waals surface area (Å²) in [6, 6.07) is 0. The number of hydrogen-bond acceptors (Lipinski definition) is 3. The van der Waals surface area contributed by atoms with Crippen LogP contribution >= 0.6 is 0 Å². The fraction of sp³-hybridized carbons (Fsp3) is 0.967. The first-order valence-corrected chi connectivity index (χ1v) is 14.4. The molecular formula is C30H58N2O2. The maximum Gasteiger partial charge on any atom is 0.310 e. The number of piperidine rings is 2. The molecule has 200 valence electrons. The van der Waals surface area contributed by atoms with Crippen molar-refractivity contribution >= 4 is 5.97 Å². The van der Waals surface area contributed by atoms with Crippen LogP contribution in [-0.2, 0) is 4.79 Å². The highest BCUT2D eigenvalue weighted by atomic mass is 16.4. The number of carboxylic acids is 1. The minimum absolute atomic E-state index is 0.0512. The SMILES string of the molecule is CCCCCCCCCCC(C(=O)O)(C1CC(C)(C)NC(C)(C)C1)C1CC(C)(C)NC(C)(C)C1. The predicted molar refractivity (Wildman–Crippen MR) is 145 cm³/mol. The lowest BCUT2D eigenvalue weighted by atomic mass is 9.52. The van der Waals surface area contributed by atoms with Crippen LogP contribution in [0.2, 0.25) is 0 Å². The van der Waals surface area contributed by atoms with Crippen LogP contribution < -0.4 is 10.6 Å². The first-order chi connectivity index (χ1) is 15.5. The zero-order chi connectivity index (χ0) is 25.8. The summed E-state index contributed by atoms with van der Waals surface area (Å²) in [7, 11) is 0. The summed E-state index contributed by atoms with van der Waals surface area (Å²) in [6.45, 7) is 20.4. The first-order valence-electron chi connectivity index (χ1n) is 14.4. The number of nitrogens with one attached hydrogen (secondary N) is 2. The smallest absolute Gasteiger partial charge is 0.310 e. The van der Waals surface area contributed by atoms with Gasteiger partial charge in [0.05, 0.1) is 5.41 Å². The molecule has 4 nitrogen and oxygen atoms in total.